The second-order valence-corrected chi connectivity index (χ2v) is 6.92. The number of ketones is 1. The minimum Gasteiger partial charge on any atom is -0.486 e. The van der Waals surface area contributed by atoms with Crippen LogP contribution in [0.2, 0.25) is 0 Å². The van der Waals surface area contributed by atoms with Gasteiger partial charge in [0, 0.05) is 30.3 Å². The fraction of sp³-hybridized carbons (Fsp3) is 0.333. The van der Waals surface area contributed by atoms with Gasteiger partial charge in [0.05, 0.1) is 0 Å². The summed E-state index contributed by atoms with van der Waals surface area (Å²) in [5, 5.41) is 2.69. The summed E-state index contributed by atoms with van der Waals surface area (Å²) in [5.41, 5.74) is 1.02. The zero-order valence-electron chi connectivity index (χ0n) is 15.3. The largest absolute Gasteiger partial charge is 0.486 e. The molecule has 0 aliphatic carbocycles. The molecule has 1 fully saturated rings. The highest BCUT2D eigenvalue weighted by Gasteiger charge is 2.28. The fourth-order valence-corrected chi connectivity index (χ4v) is 3.55. The first-order valence-electron chi connectivity index (χ1n) is 9.35. The Morgan fingerprint density at radius 1 is 1.00 bits per heavy atom. The van der Waals surface area contributed by atoms with E-state index >= 15 is 0 Å². The van der Waals surface area contributed by atoms with Gasteiger partial charge >= 0.3 is 6.03 Å². The van der Waals surface area contributed by atoms with Gasteiger partial charge in [-0.1, -0.05) is 6.07 Å². The summed E-state index contributed by atoms with van der Waals surface area (Å²) in [7, 11) is 0. The fourth-order valence-electron chi connectivity index (χ4n) is 3.55. The molecule has 0 aromatic heterocycles. The van der Waals surface area contributed by atoms with E-state index in [9.17, 15) is 14.0 Å². The van der Waals surface area contributed by atoms with E-state index in [1.807, 2.05) is 0 Å². The van der Waals surface area contributed by atoms with Gasteiger partial charge in [0.15, 0.2) is 17.3 Å². The van der Waals surface area contributed by atoms with Crippen molar-refractivity contribution in [2.24, 2.45) is 5.92 Å². The van der Waals surface area contributed by atoms with Gasteiger partial charge in [-0.05, 0) is 49.2 Å². The summed E-state index contributed by atoms with van der Waals surface area (Å²) in [4.78, 5) is 26.8. The Hall–Kier alpha value is -3.09. The molecule has 2 amide bonds. The number of hydrogen-bond donors (Lipinski definition) is 1. The zero-order chi connectivity index (χ0) is 19.5. The second-order valence-electron chi connectivity index (χ2n) is 6.92. The van der Waals surface area contributed by atoms with E-state index in [-0.39, 0.29) is 17.7 Å². The number of carbonyl (C=O) groups excluding carboxylic acids is 2. The highest BCUT2D eigenvalue weighted by atomic mass is 19.1. The van der Waals surface area contributed by atoms with Crippen molar-refractivity contribution in [1.29, 1.82) is 0 Å². The number of rotatable bonds is 3. The normalized spacial score (nSPS) is 16.5. The first-order chi connectivity index (χ1) is 13.6. The summed E-state index contributed by atoms with van der Waals surface area (Å²) in [5.74, 6) is 0.778. The first-order valence-corrected chi connectivity index (χ1v) is 9.35. The Balaban J connectivity index is 1.34. The molecule has 0 spiro atoms. The average molecular weight is 384 g/mol. The third-order valence-corrected chi connectivity index (χ3v) is 5.06. The number of piperidine rings is 1. The number of carbonyl (C=O) groups is 2. The van der Waals surface area contributed by atoms with Crippen molar-refractivity contribution in [3.63, 3.8) is 0 Å². The molecule has 28 heavy (non-hydrogen) atoms. The smallest absolute Gasteiger partial charge is 0.321 e. The maximum atomic E-state index is 13.2. The number of halogens is 1. The van der Waals surface area contributed by atoms with E-state index in [2.05, 4.69) is 5.32 Å². The van der Waals surface area contributed by atoms with E-state index in [1.54, 1.807) is 35.2 Å². The number of fused-ring (bicyclic) bond motifs is 1. The number of amides is 2. The number of ether oxygens (including phenoxy) is 2. The molecule has 0 saturated carbocycles. The first kappa shape index (κ1) is 18.3. The number of nitrogens with one attached hydrogen (secondary N) is 1. The van der Waals surface area contributed by atoms with Crippen LogP contribution in [0.3, 0.4) is 0 Å². The predicted octanol–water partition coefficient (Wildman–Crippen LogP) is 3.72. The van der Waals surface area contributed by atoms with Crippen molar-refractivity contribution in [3.8, 4) is 11.5 Å². The summed E-state index contributed by atoms with van der Waals surface area (Å²) < 4.78 is 24.3. The lowest BCUT2D eigenvalue weighted by molar-refractivity contribution is 0.0858. The molecule has 2 aliphatic heterocycles. The van der Waals surface area contributed by atoms with E-state index < -0.39 is 5.82 Å². The minimum atomic E-state index is -0.401. The van der Waals surface area contributed by atoms with E-state index in [4.69, 9.17) is 9.47 Å². The maximum absolute atomic E-state index is 13.2. The number of likely N-dealkylation sites (tertiary alicyclic amines) is 1. The van der Waals surface area contributed by atoms with Crippen molar-refractivity contribution in [1.82, 2.24) is 4.90 Å². The van der Waals surface area contributed by atoms with E-state index in [1.165, 1.54) is 12.1 Å². The maximum Gasteiger partial charge on any atom is 0.321 e. The Bertz CT molecular complexity index is 894. The van der Waals surface area contributed by atoms with Crippen molar-refractivity contribution in [3.05, 3.63) is 53.8 Å². The van der Waals surface area contributed by atoms with Gasteiger partial charge in [0.25, 0.3) is 0 Å². The van der Waals surface area contributed by atoms with Crippen LogP contribution < -0.4 is 14.8 Å². The van der Waals surface area contributed by atoms with Gasteiger partial charge in [0.2, 0.25) is 0 Å². The molecule has 2 aromatic carbocycles. The number of anilines is 1. The van der Waals surface area contributed by atoms with Crippen LogP contribution in [0.4, 0.5) is 14.9 Å². The highest BCUT2D eigenvalue weighted by Crippen LogP contribution is 2.32. The van der Waals surface area contributed by atoms with Crippen LogP contribution in [0.15, 0.2) is 42.5 Å². The van der Waals surface area contributed by atoms with Crippen LogP contribution in [0.5, 0.6) is 11.5 Å². The lowest BCUT2D eigenvalue weighted by Crippen LogP contribution is -2.42. The molecule has 4 rings (SSSR count). The summed E-state index contributed by atoms with van der Waals surface area (Å²) >= 11 is 0. The average Bonchev–Trinajstić information content (AvgIpc) is 2.73. The number of urea groups is 1. The van der Waals surface area contributed by atoms with Crippen LogP contribution in [-0.2, 0) is 0 Å². The highest BCUT2D eigenvalue weighted by molar-refractivity contribution is 5.98. The number of nitrogens with zero attached hydrogens (tertiary/aromatic N) is 1. The van der Waals surface area contributed by atoms with Crippen molar-refractivity contribution >= 4 is 17.5 Å². The molecule has 0 unspecified atom stereocenters. The van der Waals surface area contributed by atoms with Gasteiger partial charge < -0.3 is 19.7 Å². The number of benzene rings is 2. The topological polar surface area (TPSA) is 67.9 Å². The molecular formula is C21H21FN2O4. The third-order valence-electron chi connectivity index (χ3n) is 5.06. The van der Waals surface area contributed by atoms with E-state index in [0.717, 1.165) is 0 Å². The Labute approximate surface area is 162 Å². The van der Waals surface area contributed by atoms with Crippen LogP contribution in [0.25, 0.3) is 0 Å². The molecule has 6 nitrogen and oxygen atoms in total. The molecular weight excluding hydrogens is 363 g/mol. The van der Waals surface area contributed by atoms with Crippen LogP contribution in [0.1, 0.15) is 23.2 Å². The quantitative estimate of drug-likeness (QED) is 0.819. The van der Waals surface area contributed by atoms with Gasteiger partial charge in [-0.2, -0.15) is 0 Å². The summed E-state index contributed by atoms with van der Waals surface area (Å²) in [6.45, 7) is 1.93. The summed E-state index contributed by atoms with van der Waals surface area (Å²) in [6, 6.07) is 10.8. The Morgan fingerprint density at radius 2 is 1.75 bits per heavy atom. The molecule has 0 radical (unpaired) electrons. The van der Waals surface area contributed by atoms with Crippen molar-refractivity contribution < 1.29 is 23.5 Å². The number of Topliss-reactive ketones (excluding diaryl/α,β-unsaturated/α-hetero) is 1. The van der Waals surface area contributed by atoms with Crippen LogP contribution in [-0.4, -0.2) is 43.0 Å². The van der Waals surface area contributed by atoms with Gasteiger partial charge in [-0.3, -0.25) is 4.79 Å². The SMILES string of the molecule is O=C(c1ccc2c(c1)OCCO2)C1CCN(C(=O)Nc2cccc(F)c2)CC1. The Kier molecular flexibility index (Phi) is 5.14. The number of hydrogen-bond acceptors (Lipinski definition) is 4. The molecule has 0 atom stereocenters. The van der Waals surface area contributed by atoms with Crippen LogP contribution in [0, 0.1) is 11.7 Å². The molecule has 2 heterocycles. The van der Waals surface area contributed by atoms with Gasteiger partial charge in [-0.25, -0.2) is 9.18 Å². The molecule has 7 heteroatoms. The minimum absolute atomic E-state index is 0.0576. The van der Waals surface area contributed by atoms with Crippen LogP contribution >= 0.6 is 0 Å². The molecule has 146 valence electrons. The Morgan fingerprint density at radius 3 is 2.50 bits per heavy atom. The zero-order valence-corrected chi connectivity index (χ0v) is 15.3. The molecule has 0 bridgehead atoms. The van der Waals surface area contributed by atoms with Gasteiger partial charge in [-0.15, -0.1) is 0 Å². The second kappa shape index (κ2) is 7.88. The molecule has 1 N–H and O–H groups in total. The van der Waals surface area contributed by atoms with Crippen molar-refractivity contribution in [2.75, 3.05) is 31.6 Å². The lowest BCUT2D eigenvalue weighted by atomic mass is 9.89. The standard InChI is InChI=1S/C21H21FN2O4/c22-16-2-1-3-17(13-16)23-21(26)24-8-6-14(7-9-24)20(25)15-4-5-18-19(12-15)28-11-10-27-18/h1-5,12-14H,6-11H2,(H,23,26). The van der Waals surface area contributed by atoms with Gasteiger partial charge in [0.1, 0.15) is 19.0 Å². The van der Waals surface area contributed by atoms with Crippen molar-refractivity contribution in [2.45, 2.75) is 12.8 Å². The lowest BCUT2D eigenvalue weighted by Gasteiger charge is -2.31. The molecule has 2 aromatic rings. The molecule has 1 saturated heterocycles. The predicted molar refractivity (Wildman–Crippen MR) is 101 cm³/mol. The third kappa shape index (κ3) is 3.93. The van der Waals surface area contributed by atoms with E-state index in [0.29, 0.717) is 61.9 Å². The monoisotopic (exact) mass is 384 g/mol. The molecule has 2 aliphatic rings. The summed E-state index contributed by atoms with van der Waals surface area (Å²) in [6.07, 6.45) is 1.17.